The molecule has 0 heterocycles. The fourth-order valence-electron chi connectivity index (χ4n) is 2.43. The molecule has 0 saturated carbocycles. The number of esters is 1. The van der Waals surface area contributed by atoms with Gasteiger partial charge in [-0.2, -0.15) is 4.31 Å². The Morgan fingerprint density at radius 1 is 1.11 bits per heavy atom. The first-order valence-corrected chi connectivity index (χ1v) is 11.8. The SMILES string of the molecule is COC(=O)[C@H](C)N(C[C@@H](NS(=O)(=O)c1ccc(C)cc1)C(C)C)S(C)(=O)=O. The Morgan fingerprint density at radius 2 is 1.63 bits per heavy atom. The molecule has 0 radical (unpaired) electrons. The lowest BCUT2D eigenvalue weighted by atomic mass is 10.1. The molecule has 0 aliphatic carbocycles. The van der Waals surface area contributed by atoms with Crippen LogP contribution in [0.2, 0.25) is 0 Å². The molecule has 0 unspecified atom stereocenters. The highest BCUT2D eigenvalue weighted by Gasteiger charge is 2.34. The van der Waals surface area contributed by atoms with Crippen molar-refractivity contribution in [2.75, 3.05) is 19.9 Å². The summed E-state index contributed by atoms with van der Waals surface area (Å²) in [6.45, 7) is 6.59. The van der Waals surface area contributed by atoms with Crippen LogP contribution in [-0.4, -0.2) is 59.1 Å². The zero-order valence-electron chi connectivity index (χ0n) is 16.5. The van der Waals surface area contributed by atoms with Crippen molar-refractivity contribution in [1.29, 1.82) is 0 Å². The number of methoxy groups -OCH3 is 1. The fourth-order valence-corrected chi connectivity index (χ4v) is 4.90. The molecule has 0 aliphatic heterocycles. The maximum absolute atomic E-state index is 12.7. The highest BCUT2D eigenvalue weighted by atomic mass is 32.2. The Labute approximate surface area is 162 Å². The largest absolute Gasteiger partial charge is 0.468 e. The molecule has 1 N–H and O–H groups in total. The van der Waals surface area contributed by atoms with Crippen molar-refractivity contribution in [3.05, 3.63) is 29.8 Å². The second-order valence-corrected chi connectivity index (χ2v) is 10.5. The Morgan fingerprint density at radius 3 is 2.04 bits per heavy atom. The summed E-state index contributed by atoms with van der Waals surface area (Å²) in [5, 5.41) is 0. The first-order chi connectivity index (χ1) is 12.3. The van der Waals surface area contributed by atoms with Crippen LogP contribution in [0, 0.1) is 12.8 Å². The van der Waals surface area contributed by atoms with Gasteiger partial charge >= 0.3 is 5.97 Å². The lowest BCUT2D eigenvalue weighted by Crippen LogP contribution is -2.52. The fraction of sp³-hybridized carbons (Fsp3) is 0.588. The molecule has 27 heavy (non-hydrogen) atoms. The number of rotatable bonds is 9. The van der Waals surface area contributed by atoms with Crippen molar-refractivity contribution < 1.29 is 26.4 Å². The second kappa shape index (κ2) is 9.13. The van der Waals surface area contributed by atoms with Gasteiger partial charge in [0.05, 0.1) is 18.3 Å². The van der Waals surface area contributed by atoms with Gasteiger partial charge in [0.15, 0.2) is 0 Å². The summed E-state index contributed by atoms with van der Waals surface area (Å²) in [5.74, 6) is -0.941. The minimum absolute atomic E-state index is 0.0886. The molecule has 1 aromatic carbocycles. The molecular formula is C17H28N2O6S2. The number of hydrogen-bond donors (Lipinski definition) is 1. The second-order valence-electron chi connectivity index (χ2n) is 6.82. The van der Waals surface area contributed by atoms with Crippen LogP contribution in [0.3, 0.4) is 0 Å². The zero-order valence-corrected chi connectivity index (χ0v) is 18.1. The number of hydrogen-bond acceptors (Lipinski definition) is 6. The molecule has 0 amide bonds. The third kappa shape index (κ3) is 6.56. The number of ether oxygens (including phenoxy) is 1. The molecule has 0 spiro atoms. The third-order valence-electron chi connectivity index (χ3n) is 4.22. The van der Waals surface area contributed by atoms with E-state index in [-0.39, 0.29) is 17.4 Å². The number of carbonyl (C=O) groups is 1. The van der Waals surface area contributed by atoms with Crippen LogP contribution in [-0.2, 0) is 29.6 Å². The predicted molar refractivity (Wildman–Crippen MR) is 103 cm³/mol. The van der Waals surface area contributed by atoms with E-state index in [0.29, 0.717) is 0 Å². The van der Waals surface area contributed by atoms with E-state index in [0.717, 1.165) is 16.1 Å². The van der Waals surface area contributed by atoms with Gasteiger partial charge in [-0.05, 0) is 31.9 Å². The van der Waals surface area contributed by atoms with Gasteiger partial charge in [-0.1, -0.05) is 31.5 Å². The summed E-state index contributed by atoms with van der Waals surface area (Å²) in [6.07, 6.45) is 0.971. The van der Waals surface area contributed by atoms with Gasteiger partial charge < -0.3 is 4.74 Å². The van der Waals surface area contributed by atoms with E-state index in [1.54, 1.807) is 26.0 Å². The molecule has 154 valence electrons. The van der Waals surface area contributed by atoms with Gasteiger partial charge in [-0.15, -0.1) is 0 Å². The van der Waals surface area contributed by atoms with E-state index in [9.17, 15) is 21.6 Å². The van der Waals surface area contributed by atoms with Crippen LogP contribution < -0.4 is 4.72 Å². The standard InChI is InChI=1S/C17H28N2O6S2/c1-12(2)16(11-19(26(6,21)22)14(4)17(20)25-5)18-27(23,24)15-9-7-13(3)8-10-15/h7-10,12,14,16,18H,11H2,1-6H3/t14-,16+/m0/s1. The maximum atomic E-state index is 12.7. The van der Waals surface area contributed by atoms with Crippen molar-refractivity contribution >= 4 is 26.0 Å². The molecule has 1 rings (SSSR count). The third-order valence-corrected chi connectivity index (χ3v) is 7.04. The van der Waals surface area contributed by atoms with Crippen LogP contribution in [0.1, 0.15) is 26.3 Å². The van der Waals surface area contributed by atoms with E-state index >= 15 is 0 Å². The molecule has 8 nitrogen and oxygen atoms in total. The number of nitrogens with zero attached hydrogens (tertiary/aromatic N) is 1. The number of nitrogens with one attached hydrogen (secondary N) is 1. The summed E-state index contributed by atoms with van der Waals surface area (Å²) in [7, 11) is -6.46. The van der Waals surface area contributed by atoms with Gasteiger partial charge in [0.1, 0.15) is 6.04 Å². The average Bonchev–Trinajstić information content (AvgIpc) is 2.56. The molecule has 2 atom stereocenters. The van der Waals surface area contributed by atoms with Crippen molar-refractivity contribution in [2.24, 2.45) is 5.92 Å². The Bertz CT molecular complexity index is 848. The summed E-state index contributed by atoms with van der Waals surface area (Å²) >= 11 is 0. The van der Waals surface area contributed by atoms with E-state index in [1.807, 2.05) is 6.92 Å². The zero-order chi connectivity index (χ0) is 21.0. The molecule has 0 fully saturated rings. The number of carbonyl (C=O) groups excluding carboxylic acids is 1. The minimum Gasteiger partial charge on any atom is -0.468 e. The lowest BCUT2D eigenvalue weighted by Gasteiger charge is -2.31. The summed E-state index contributed by atoms with van der Waals surface area (Å²) in [6, 6.07) is 4.52. The van der Waals surface area contributed by atoms with Crippen molar-refractivity contribution in [3.8, 4) is 0 Å². The van der Waals surface area contributed by atoms with Gasteiger partial charge in [0.25, 0.3) is 0 Å². The lowest BCUT2D eigenvalue weighted by molar-refractivity contribution is -0.144. The number of benzene rings is 1. The molecule has 0 saturated heterocycles. The minimum atomic E-state index is -3.85. The Hall–Kier alpha value is -1.49. The van der Waals surface area contributed by atoms with E-state index in [1.165, 1.54) is 26.2 Å². The van der Waals surface area contributed by atoms with E-state index in [4.69, 9.17) is 0 Å². The molecule has 10 heteroatoms. The molecule has 0 bridgehead atoms. The van der Waals surface area contributed by atoms with Crippen LogP contribution in [0.25, 0.3) is 0 Å². The van der Waals surface area contributed by atoms with Crippen molar-refractivity contribution in [1.82, 2.24) is 9.03 Å². The van der Waals surface area contributed by atoms with Crippen LogP contribution in [0.4, 0.5) is 0 Å². The van der Waals surface area contributed by atoms with Crippen LogP contribution >= 0.6 is 0 Å². The van der Waals surface area contributed by atoms with Crippen molar-refractivity contribution in [2.45, 2.75) is 44.7 Å². The van der Waals surface area contributed by atoms with Gasteiger partial charge in [0.2, 0.25) is 20.0 Å². The predicted octanol–water partition coefficient (Wildman–Crippen LogP) is 1.12. The van der Waals surface area contributed by atoms with Crippen LogP contribution in [0.5, 0.6) is 0 Å². The maximum Gasteiger partial charge on any atom is 0.323 e. The van der Waals surface area contributed by atoms with E-state index < -0.39 is 38.1 Å². The normalized spacial score (nSPS) is 15.0. The first kappa shape index (κ1) is 23.5. The Kier molecular flexibility index (Phi) is 7.97. The van der Waals surface area contributed by atoms with Gasteiger partial charge in [-0.25, -0.2) is 21.6 Å². The monoisotopic (exact) mass is 420 g/mol. The summed E-state index contributed by atoms with van der Waals surface area (Å²) in [5.41, 5.74) is 0.921. The number of sulfonamides is 2. The van der Waals surface area contributed by atoms with E-state index in [2.05, 4.69) is 9.46 Å². The average molecular weight is 421 g/mol. The Balaban J connectivity index is 3.16. The van der Waals surface area contributed by atoms with Gasteiger partial charge in [-0.3, -0.25) is 4.79 Å². The quantitative estimate of drug-likeness (QED) is 0.600. The summed E-state index contributed by atoms with van der Waals surface area (Å²) < 4.78 is 57.8. The summed E-state index contributed by atoms with van der Waals surface area (Å²) in [4.78, 5) is 11.9. The highest BCUT2D eigenvalue weighted by Crippen LogP contribution is 2.16. The molecule has 0 aliphatic rings. The molecule has 1 aromatic rings. The molecule has 0 aromatic heterocycles. The molecular weight excluding hydrogens is 392 g/mol. The van der Waals surface area contributed by atoms with Crippen LogP contribution in [0.15, 0.2) is 29.2 Å². The first-order valence-electron chi connectivity index (χ1n) is 8.43. The highest BCUT2D eigenvalue weighted by molar-refractivity contribution is 7.89. The topological polar surface area (TPSA) is 110 Å². The smallest absolute Gasteiger partial charge is 0.323 e. The van der Waals surface area contributed by atoms with Gasteiger partial charge in [0, 0.05) is 12.6 Å². The van der Waals surface area contributed by atoms with Crippen molar-refractivity contribution in [3.63, 3.8) is 0 Å². The number of aryl methyl sites for hydroxylation is 1.